The Kier molecular flexibility index (Phi) is 4.51. The minimum Gasteiger partial charge on any atom is -0.348 e. The predicted octanol–water partition coefficient (Wildman–Crippen LogP) is 5.27. The molecular weight excluding hydrogens is 258 g/mol. The third kappa shape index (κ3) is 3.02. The van der Waals surface area contributed by atoms with Crippen molar-refractivity contribution in [3.63, 3.8) is 0 Å². The second kappa shape index (κ2) is 6.17. The van der Waals surface area contributed by atoms with E-state index in [0.717, 1.165) is 22.6 Å². The fraction of sp³-hybridized carbons (Fsp3) is 0.389. The number of aryl methyl sites for hydroxylation is 2. The van der Waals surface area contributed by atoms with Gasteiger partial charge >= 0.3 is 0 Å². The van der Waals surface area contributed by atoms with E-state index in [1.807, 2.05) is 13.8 Å². The summed E-state index contributed by atoms with van der Waals surface area (Å²) >= 11 is 0. The Hall–Kier alpha value is -2.03. The van der Waals surface area contributed by atoms with Crippen LogP contribution in [0.2, 0.25) is 0 Å². The molecule has 1 N–H and O–H groups in total. The first-order valence-corrected chi connectivity index (χ1v) is 7.67. The quantitative estimate of drug-likeness (QED) is 0.683. The van der Waals surface area contributed by atoms with Gasteiger partial charge in [-0.3, -0.25) is 0 Å². The highest BCUT2D eigenvalue weighted by Crippen LogP contribution is 2.25. The summed E-state index contributed by atoms with van der Waals surface area (Å²) in [4.78, 5) is 8.10. The van der Waals surface area contributed by atoms with E-state index in [0.29, 0.717) is 5.92 Å². The van der Waals surface area contributed by atoms with E-state index < -0.39 is 0 Å². The van der Waals surface area contributed by atoms with E-state index in [2.05, 4.69) is 72.8 Å². The molecule has 3 nitrogen and oxygen atoms in total. The number of benzene rings is 1. The van der Waals surface area contributed by atoms with Crippen LogP contribution in [0.15, 0.2) is 30.5 Å². The summed E-state index contributed by atoms with van der Waals surface area (Å²) in [6, 6.07) is 8.52. The van der Waals surface area contributed by atoms with Crippen molar-refractivity contribution >= 4 is 11.0 Å². The molecule has 0 aliphatic heterocycles. The molecule has 0 unspecified atom stereocenters. The summed E-state index contributed by atoms with van der Waals surface area (Å²) in [7, 11) is 2.07. The van der Waals surface area contributed by atoms with E-state index in [-0.39, 0.29) is 1.43 Å². The maximum absolute atomic E-state index is 4.68. The largest absolute Gasteiger partial charge is 0.348 e. The highest BCUT2D eigenvalue weighted by Gasteiger charge is 2.11. The topological polar surface area (TPSA) is 33.6 Å². The average molecular weight is 285 g/mol. The van der Waals surface area contributed by atoms with Gasteiger partial charge in [0.2, 0.25) is 0 Å². The second-order valence-corrected chi connectivity index (χ2v) is 5.53. The van der Waals surface area contributed by atoms with Crippen molar-refractivity contribution in [2.45, 2.75) is 40.5 Å². The van der Waals surface area contributed by atoms with E-state index in [9.17, 15) is 0 Å². The molecule has 0 saturated heterocycles. The van der Waals surface area contributed by atoms with E-state index >= 15 is 0 Å². The monoisotopic (exact) mass is 285 g/mol. The lowest BCUT2D eigenvalue weighted by molar-refractivity contribution is 0.850. The third-order valence-electron chi connectivity index (χ3n) is 3.57. The molecule has 1 aromatic carbocycles. The molecule has 3 rings (SSSR count). The summed E-state index contributed by atoms with van der Waals surface area (Å²) in [5, 5.41) is 0. The number of hydrogen-bond donors (Lipinski definition) is 1. The number of H-pyrrole nitrogens is 1. The maximum atomic E-state index is 4.68. The van der Waals surface area contributed by atoms with Crippen LogP contribution in [0.5, 0.6) is 0 Å². The highest BCUT2D eigenvalue weighted by molar-refractivity contribution is 5.79. The highest BCUT2D eigenvalue weighted by atomic mass is 15.0. The summed E-state index contributed by atoms with van der Waals surface area (Å²) in [5.41, 5.74) is 5.85. The molecule has 0 aliphatic rings. The van der Waals surface area contributed by atoms with Crippen LogP contribution >= 0.6 is 0 Å². The molecule has 0 bridgehead atoms. The molecule has 3 heteroatoms. The fourth-order valence-corrected chi connectivity index (χ4v) is 2.39. The van der Waals surface area contributed by atoms with Gasteiger partial charge in [0.1, 0.15) is 0 Å². The predicted molar refractivity (Wildman–Crippen MR) is 92.8 cm³/mol. The van der Waals surface area contributed by atoms with Crippen molar-refractivity contribution in [2.24, 2.45) is 7.05 Å². The molecule has 0 spiro atoms. The lowest BCUT2D eigenvalue weighted by Crippen LogP contribution is -1.90. The number of imidazole rings is 1. The zero-order chi connectivity index (χ0) is 15.6. The van der Waals surface area contributed by atoms with Crippen molar-refractivity contribution in [1.29, 1.82) is 0 Å². The Labute approximate surface area is 128 Å². The van der Waals surface area contributed by atoms with Crippen LogP contribution in [0.3, 0.4) is 0 Å². The molecule has 0 amide bonds. The molecule has 0 atom stereocenters. The second-order valence-electron chi connectivity index (χ2n) is 5.53. The number of aromatic nitrogens is 3. The molecule has 21 heavy (non-hydrogen) atoms. The molecule has 0 saturated carbocycles. The first-order valence-electron chi connectivity index (χ1n) is 7.67. The van der Waals surface area contributed by atoms with Gasteiger partial charge in [-0.1, -0.05) is 33.8 Å². The van der Waals surface area contributed by atoms with Crippen LogP contribution in [0.4, 0.5) is 0 Å². The number of aromatic amines is 1. The normalized spacial score (nSPS) is 10.8. The molecule has 114 valence electrons. The molecule has 0 aliphatic carbocycles. The number of nitrogens with one attached hydrogen (secondary N) is 1. The molecule has 0 fully saturated rings. The van der Waals surface area contributed by atoms with Crippen LogP contribution in [0, 0.1) is 6.92 Å². The van der Waals surface area contributed by atoms with Crippen LogP contribution < -0.4 is 0 Å². The summed E-state index contributed by atoms with van der Waals surface area (Å²) in [5.74, 6) is 1.47. The molecule has 2 aromatic heterocycles. The first kappa shape index (κ1) is 15.4. The van der Waals surface area contributed by atoms with E-state index in [1.54, 1.807) is 0 Å². The van der Waals surface area contributed by atoms with Crippen molar-refractivity contribution in [3.05, 3.63) is 41.6 Å². The minimum atomic E-state index is 0. The van der Waals surface area contributed by atoms with Crippen molar-refractivity contribution in [2.75, 3.05) is 0 Å². The number of hydrogen-bond acceptors (Lipinski definition) is 1. The van der Waals surface area contributed by atoms with Gasteiger partial charge < -0.3 is 9.55 Å². The Morgan fingerprint density at radius 3 is 2.52 bits per heavy atom. The number of nitrogens with zero attached hydrogens (tertiary/aromatic N) is 2. The lowest BCUT2D eigenvalue weighted by atomic mass is 10.1. The van der Waals surface area contributed by atoms with E-state index in [4.69, 9.17) is 0 Å². The van der Waals surface area contributed by atoms with Crippen molar-refractivity contribution in [1.82, 2.24) is 14.5 Å². The minimum absolute atomic E-state index is 0. The van der Waals surface area contributed by atoms with Gasteiger partial charge in [0.15, 0.2) is 5.82 Å². The maximum Gasteiger partial charge on any atom is 0.155 e. The van der Waals surface area contributed by atoms with Crippen LogP contribution in [0.25, 0.3) is 22.6 Å². The Morgan fingerprint density at radius 2 is 1.90 bits per heavy atom. The Bertz CT molecular complexity index is 738. The van der Waals surface area contributed by atoms with Crippen LogP contribution in [0.1, 0.15) is 46.2 Å². The van der Waals surface area contributed by atoms with Crippen molar-refractivity contribution in [3.8, 4) is 11.5 Å². The van der Waals surface area contributed by atoms with Crippen molar-refractivity contribution < 1.29 is 1.43 Å². The first-order chi connectivity index (χ1) is 10.0. The third-order valence-corrected chi connectivity index (χ3v) is 3.57. The van der Waals surface area contributed by atoms with Gasteiger partial charge in [0, 0.05) is 14.7 Å². The SMILES string of the molecule is CC.Cc1ccc2nc(-c3cc(C(C)C)cn3C)[nH]c2c1.[HH]. The van der Waals surface area contributed by atoms with Gasteiger partial charge in [-0.2, -0.15) is 0 Å². The summed E-state index contributed by atoms with van der Waals surface area (Å²) in [6.45, 7) is 10.5. The summed E-state index contributed by atoms with van der Waals surface area (Å²) < 4.78 is 2.14. The van der Waals surface area contributed by atoms with Gasteiger partial charge in [-0.15, -0.1) is 0 Å². The average Bonchev–Trinajstić information content (AvgIpc) is 3.03. The van der Waals surface area contributed by atoms with Crippen LogP contribution in [-0.4, -0.2) is 14.5 Å². The van der Waals surface area contributed by atoms with Gasteiger partial charge in [0.25, 0.3) is 0 Å². The van der Waals surface area contributed by atoms with E-state index in [1.165, 1.54) is 11.1 Å². The Balaban J connectivity index is 0.000000775. The van der Waals surface area contributed by atoms with Gasteiger partial charge in [-0.05, 0) is 42.2 Å². The lowest BCUT2D eigenvalue weighted by Gasteiger charge is -1.97. The number of fused-ring (bicyclic) bond motifs is 1. The molecule has 0 radical (unpaired) electrons. The number of rotatable bonds is 2. The van der Waals surface area contributed by atoms with Gasteiger partial charge in [0.05, 0.1) is 16.7 Å². The molecule has 3 aromatic rings. The van der Waals surface area contributed by atoms with Crippen LogP contribution in [-0.2, 0) is 7.05 Å². The molecule has 2 heterocycles. The Morgan fingerprint density at radius 1 is 1.19 bits per heavy atom. The molecular formula is C18H27N3. The van der Waals surface area contributed by atoms with Gasteiger partial charge in [-0.25, -0.2) is 4.98 Å². The standard InChI is InChI=1S/C16H19N3.C2H6.H2/c1-10(2)12-8-15(19(4)9-12)16-17-13-6-5-11(3)7-14(13)18-16;1-2;/h5-10H,1-4H3,(H,17,18);1-2H3;1H. The fourth-order valence-electron chi connectivity index (χ4n) is 2.39. The zero-order valence-corrected chi connectivity index (χ0v) is 13.9. The summed E-state index contributed by atoms with van der Waals surface area (Å²) in [6.07, 6.45) is 2.18. The smallest absolute Gasteiger partial charge is 0.155 e. The zero-order valence-electron chi connectivity index (χ0n) is 13.9.